The number of amides is 1. The highest BCUT2D eigenvalue weighted by Gasteiger charge is 2.20. The topological polar surface area (TPSA) is 72.2 Å². The fourth-order valence-corrected chi connectivity index (χ4v) is 4.08. The number of ketones is 1. The van der Waals surface area contributed by atoms with Crippen molar-refractivity contribution in [2.24, 2.45) is 0 Å². The van der Waals surface area contributed by atoms with Crippen molar-refractivity contribution in [3.05, 3.63) is 96.6 Å². The number of benzene rings is 3. The Kier molecular flexibility index (Phi) is 7.37. The van der Waals surface area contributed by atoms with Gasteiger partial charge in [0, 0.05) is 11.1 Å². The summed E-state index contributed by atoms with van der Waals surface area (Å²) in [4.78, 5) is 29.3. The standard InChI is InChI=1S/C27H24N2O3S/c1-19(30)23(17-20-11-5-2-6-12-20)28-24(31)18-33-27-29-25(21-13-7-3-8-14-21)26(32-27)22-15-9-4-10-16-22/h2-16,23H,17-18H2,1H3,(H,28,31)/t23-/m0/s1. The zero-order valence-electron chi connectivity index (χ0n) is 18.2. The summed E-state index contributed by atoms with van der Waals surface area (Å²) >= 11 is 1.21. The van der Waals surface area contributed by atoms with Crippen LogP contribution in [0.2, 0.25) is 0 Å². The molecule has 6 heteroatoms. The third-order valence-corrected chi connectivity index (χ3v) is 5.95. The van der Waals surface area contributed by atoms with Gasteiger partial charge in [-0.15, -0.1) is 0 Å². The Balaban J connectivity index is 1.47. The molecule has 0 aliphatic heterocycles. The Morgan fingerprint density at radius 2 is 1.45 bits per heavy atom. The van der Waals surface area contributed by atoms with Gasteiger partial charge in [-0.05, 0) is 18.9 Å². The number of oxazole rings is 1. The van der Waals surface area contributed by atoms with E-state index in [-0.39, 0.29) is 17.4 Å². The van der Waals surface area contributed by atoms with Crippen LogP contribution in [0, 0.1) is 0 Å². The first-order valence-electron chi connectivity index (χ1n) is 10.7. The Hall–Kier alpha value is -3.64. The van der Waals surface area contributed by atoms with Gasteiger partial charge in [-0.3, -0.25) is 9.59 Å². The molecular weight excluding hydrogens is 432 g/mol. The van der Waals surface area contributed by atoms with E-state index >= 15 is 0 Å². The lowest BCUT2D eigenvalue weighted by Crippen LogP contribution is -2.42. The summed E-state index contributed by atoms with van der Waals surface area (Å²) in [6, 6.07) is 28.7. The fraction of sp³-hybridized carbons (Fsp3) is 0.148. The molecule has 0 radical (unpaired) electrons. The van der Waals surface area contributed by atoms with Crippen molar-refractivity contribution >= 4 is 23.5 Å². The van der Waals surface area contributed by atoms with E-state index in [2.05, 4.69) is 10.3 Å². The van der Waals surface area contributed by atoms with E-state index in [4.69, 9.17) is 4.42 Å². The molecule has 166 valence electrons. The second-order valence-corrected chi connectivity index (χ2v) is 8.53. The van der Waals surface area contributed by atoms with Crippen LogP contribution < -0.4 is 5.32 Å². The lowest BCUT2D eigenvalue weighted by molar-refractivity contribution is -0.125. The first-order valence-corrected chi connectivity index (χ1v) is 11.7. The van der Waals surface area contributed by atoms with Crippen molar-refractivity contribution in [3.8, 4) is 22.6 Å². The molecule has 1 amide bonds. The van der Waals surface area contributed by atoms with E-state index in [1.807, 2.05) is 91.0 Å². The SMILES string of the molecule is CC(=O)[C@H](Cc1ccccc1)NC(=O)CSc1nc(-c2ccccc2)c(-c2ccccc2)o1. The van der Waals surface area contributed by atoms with Gasteiger partial charge in [-0.2, -0.15) is 0 Å². The third kappa shape index (κ3) is 5.99. The lowest BCUT2D eigenvalue weighted by Gasteiger charge is -2.15. The zero-order valence-corrected chi connectivity index (χ0v) is 19.0. The van der Waals surface area contributed by atoms with Crippen LogP contribution in [0.3, 0.4) is 0 Å². The van der Waals surface area contributed by atoms with E-state index in [0.29, 0.717) is 17.4 Å². The van der Waals surface area contributed by atoms with Crippen LogP contribution in [0.15, 0.2) is 101 Å². The van der Waals surface area contributed by atoms with E-state index < -0.39 is 6.04 Å². The van der Waals surface area contributed by atoms with Crippen molar-refractivity contribution in [1.82, 2.24) is 10.3 Å². The average molecular weight is 457 g/mol. The molecule has 1 atom stereocenters. The van der Waals surface area contributed by atoms with Crippen molar-refractivity contribution in [2.45, 2.75) is 24.6 Å². The van der Waals surface area contributed by atoms with E-state index in [1.54, 1.807) is 0 Å². The summed E-state index contributed by atoms with van der Waals surface area (Å²) < 4.78 is 6.06. The minimum absolute atomic E-state index is 0.0777. The average Bonchev–Trinajstić information content (AvgIpc) is 3.28. The molecule has 0 saturated carbocycles. The molecule has 4 rings (SSSR count). The van der Waals surface area contributed by atoms with Gasteiger partial charge < -0.3 is 9.73 Å². The summed E-state index contributed by atoms with van der Waals surface area (Å²) in [5.74, 6) is 0.444. The van der Waals surface area contributed by atoms with Gasteiger partial charge >= 0.3 is 0 Å². The summed E-state index contributed by atoms with van der Waals surface area (Å²) in [6.07, 6.45) is 0.460. The second-order valence-electron chi connectivity index (χ2n) is 7.60. The molecule has 4 aromatic rings. The predicted molar refractivity (Wildman–Crippen MR) is 131 cm³/mol. The molecule has 1 aromatic heterocycles. The summed E-state index contributed by atoms with van der Waals surface area (Å²) in [7, 11) is 0. The number of thioether (sulfide) groups is 1. The molecule has 3 aromatic carbocycles. The van der Waals surface area contributed by atoms with Gasteiger partial charge in [0.25, 0.3) is 5.22 Å². The number of carbonyl (C=O) groups excluding carboxylic acids is 2. The van der Waals surface area contributed by atoms with Crippen LogP contribution >= 0.6 is 11.8 Å². The molecule has 1 N–H and O–H groups in total. The monoisotopic (exact) mass is 456 g/mol. The number of hydrogen-bond donors (Lipinski definition) is 1. The molecule has 0 fully saturated rings. The maximum Gasteiger partial charge on any atom is 0.257 e. The number of carbonyl (C=O) groups is 2. The molecule has 0 spiro atoms. The van der Waals surface area contributed by atoms with E-state index in [0.717, 1.165) is 22.4 Å². The zero-order chi connectivity index (χ0) is 23.0. The Bertz CT molecular complexity index is 1150. The molecule has 33 heavy (non-hydrogen) atoms. The van der Waals surface area contributed by atoms with Gasteiger partial charge in [0.15, 0.2) is 11.5 Å². The third-order valence-electron chi connectivity index (χ3n) is 5.13. The first-order chi connectivity index (χ1) is 16.1. The Labute approximate surface area is 197 Å². The Morgan fingerprint density at radius 3 is 2.06 bits per heavy atom. The summed E-state index contributed by atoms with van der Waals surface area (Å²) in [5.41, 5.74) is 3.59. The molecule has 0 bridgehead atoms. The number of nitrogens with zero attached hydrogens (tertiary/aromatic N) is 1. The summed E-state index contributed by atoms with van der Waals surface area (Å²) in [6.45, 7) is 1.49. The van der Waals surface area contributed by atoms with Crippen LogP contribution in [-0.4, -0.2) is 28.5 Å². The van der Waals surface area contributed by atoms with Gasteiger partial charge in [-0.1, -0.05) is 103 Å². The molecule has 0 aliphatic carbocycles. The maximum atomic E-state index is 12.6. The van der Waals surface area contributed by atoms with Crippen molar-refractivity contribution in [1.29, 1.82) is 0 Å². The van der Waals surface area contributed by atoms with E-state index in [1.165, 1.54) is 18.7 Å². The Morgan fingerprint density at radius 1 is 0.879 bits per heavy atom. The van der Waals surface area contributed by atoms with Gasteiger partial charge in [0.1, 0.15) is 5.69 Å². The number of hydrogen-bond acceptors (Lipinski definition) is 5. The van der Waals surface area contributed by atoms with Gasteiger partial charge in [0.05, 0.1) is 11.8 Å². The number of rotatable bonds is 9. The molecule has 0 aliphatic rings. The molecular formula is C27H24N2O3S. The molecule has 0 unspecified atom stereocenters. The number of aromatic nitrogens is 1. The fourth-order valence-electron chi connectivity index (χ4n) is 3.45. The van der Waals surface area contributed by atoms with Crippen LogP contribution in [0.5, 0.6) is 0 Å². The maximum absolute atomic E-state index is 12.6. The van der Waals surface area contributed by atoms with E-state index in [9.17, 15) is 9.59 Å². The van der Waals surface area contributed by atoms with Crippen LogP contribution in [-0.2, 0) is 16.0 Å². The molecule has 5 nitrogen and oxygen atoms in total. The number of nitrogens with one attached hydrogen (secondary N) is 1. The molecule has 0 saturated heterocycles. The largest absolute Gasteiger partial charge is 0.431 e. The molecule has 1 heterocycles. The highest BCUT2D eigenvalue weighted by molar-refractivity contribution is 7.99. The second kappa shape index (κ2) is 10.8. The minimum atomic E-state index is -0.565. The van der Waals surface area contributed by atoms with Crippen LogP contribution in [0.25, 0.3) is 22.6 Å². The highest BCUT2D eigenvalue weighted by Crippen LogP contribution is 2.35. The van der Waals surface area contributed by atoms with Gasteiger partial charge in [-0.25, -0.2) is 4.98 Å². The van der Waals surface area contributed by atoms with Gasteiger partial charge in [0.2, 0.25) is 5.91 Å². The quantitative estimate of drug-likeness (QED) is 0.341. The lowest BCUT2D eigenvalue weighted by atomic mass is 10.0. The normalized spacial score (nSPS) is 11.7. The summed E-state index contributed by atoms with van der Waals surface area (Å²) in [5, 5.41) is 3.25. The minimum Gasteiger partial charge on any atom is -0.431 e. The van der Waals surface area contributed by atoms with Crippen molar-refractivity contribution < 1.29 is 14.0 Å². The first kappa shape index (κ1) is 22.6. The smallest absolute Gasteiger partial charge is 0.257 e. The highest BCUT2D eigenvalue weighted by atomic mass is 32.2. The predicted octanol–water partition coefficient (Wildman–Crippen LogP) is 5.42. The van der Waals surface area contributed by atoms with Crippen molar-refractivity contribution in [3.63, 3.8) is 0 Å². The van der Waals surface area contributed by atoms with Crippen molar-refractivity contribution in [2.75, 3.05) is 5.75 Å². The number of Topliss-reactive ketones (excluding diaryl/α,β-unsaturated/α-hetero) is 1. The van der Waals surface area contributed by atoms with Crippen LogP contribution in [0.4, 0.5) is 0 Å². The van der Waals surface area contributed by atoms with Crippen LogP contribution in [0.1, 0.15) is 12.5 Å².